The summed E-state index contributed by atoms with van der Waals surface area (Å²) in [7, 11) is 0. The molecule has 6 heteroatoms. The van der Waals surface area contributed by atoms with Crippen LogP contribution in [-0.2, 0) is 9.59 Å². The molecule has 8 atom stereocenters. The minimum absolute atomic E-state index is 0.187. The molecule has 0 radical (unpaired) electrons. The summed E-state index contributed by atoms with van der Waals surface area (Å²) in [6.45, 7) is 4.48. The van der Waals surface area contributed by atoms with E-state index in [2.05, 4.69) is 13.8 Å². The van der Waals surface area contributed by atoms with E-state index in [1.807, 2.05) is 0 Å². The van der Waals surface area contributed by atoms with Gasteiger partial charge in [-0.2, -0.15) is 13.2 Å². The Hall–Kier alpha value is -0.910. The molecule has 0 aromatic rings. The van der Waals surface area contributed by atoms with Crippen LogP contribution in [0.5, 0.6) is 0 Å². The molecule has 164 valence electrons. The van der Waals surface area contributed by atoms with E-state index in [0.717, 1.165) is 38.5 Å². The van der Waals surface area contributed by atoms with Crippen LogP contribution in [0, 0.1) is 40.4 Å². The molecule has 4 rings (SSSR count). The fourth-order valence-electron chi connectivity index (χ4n) is 8.02. The molecule has 0 aliphatic heterocycles. The molecule has 4 aliphatic rings. The summed E-state index contributed by atoms with van der Waals surface area (Å²) in [5.74, 6) is 1.51. The maximum Gasteiger partial charge on any atom is 0.414 e. The number of hydrogen-bond donors (Lipinski definition) is 1. The van der Waals surface area contributed by atoms with Crippen LogP contribution in [0.15, 0.2) is 0 Å². The number of alkyl halides is 3. The summed E-state index contributed by atoms with van der Waals surface area (Å²) in [6, 6.07) is 0. The number of Topliss-reactive ketones (excluding diaryl/α,β-unsaturated/α-hetero) is 2. The van der Waals surface area contributed by atoms with E-state index in [9.17, 15) is 27.9 Å². The second-order valence-electron chi connectivity index (χ2n) is 10.8. The molecule has 4 saturated carbocycles. The number of fused-ring (bicyclic) bond motifs is 5. The van der Waals surface area contributed by atoms with E-state index in [0.29, 0.717) is 48.7 Å². The van der Waals surface area contributed by atoms with Crippen molar-refractivity contribution >= 4 is 11.6 Å². The second-order valence-corrected chi connectivity index (χ2v) is 10.8. The van der Waals surface area contributed by atoms with Crippen molar-refractivity contribution in [2.45, 2.75) is 90.3 Å². The molecule has 1 N–H and O–H groups in total. The van der Waals surface area contributed by atoms with E-state index in [4.69, 9.17) is 0 Å². The zero-order chi connectivity index (χ0) is 21.2. The SMILES string of the molecule is CC12CCC(=O)CC1CCC1C2CCC2(C)C(C(=O)CC(O)C(F)(F)F)CCC12. The molecule has 0 aromatic carbocycles. The standard InChI is InChI=1S/C23H33F3O3/c1-21-9-7-14(27)11-13(21)3-4-15-16-5-6-18(22(16,2)10-8-17(15)21)19(28)12-20(29)23(24,25)26/h13,15-18,20,29H,3-12H2,1-2H3. The lowest BCUT2D eigenvalue weighted by molar-refractivity contribution is -0.206. The van der Waals surface area contributed by atoms with Gasteiger partial charge < -0.3 is 5.11 Å². The first-order valence-corrected chi connectivity index (χ1v) is 11.3. The molecule has 0 saturated heterocycles. The molecule has 0 bridgehead atoms. The molecular formula is C23H33F3O3. The number of carbonyl (C=O) groups is 2. The molecule has 0 spiro atoms. The minimum atomic E-state index is -4.74. The molecular weight excluding hydrogens is 381 g/mol. The summed E-state index contributed by atoms with van der Waals surface area (Å²) in [5, 5.41) is 9.40. The third-order valence-electron chi connectivity index (χ3n) is 9.64. The molecule has 3 nitrogen and oxygen atoms in total. The lowest BCUT2D eigenvalue weighted by Crippen LogP contribution is -2.54. The Balaban J connectivity index is 1.51. The monoisotopic (exact) mass is 414 g/mol. The Kier molecular flexibility index (Phi) is 5.20. The Bertz CT molecular complexity index is 689. The Morgan fingerprint density at radius 3 is 2.45 bits per heavy atom. The summed E-state index contributed by atoms with van der Waals surface area (Å²) in [6.07, 6.45) is -0.215. The van der Waals surface area contributed by atoms with Gasteiger partial charge in [-0.15, -0.1) is 0 Å². The van der Waals surface area contributed by atoms with Gasteiger partial charge in [0.15, 0.2) is 6.10 Å². The summed E-state index contributed by atoms with van der Waals surface area (Å²) in [5.41, 5.74) is -0.0655. The quantitative estimate of drug-likeness (QED) is 0.699. The fraction of sp³-hybridized carbons (Fsp3) is 0.913. The van der Waals surface area contributed by atoms with Crippen LogP contribution in [0.25, 0.3) is 0 Å². The van der Waals surface area contributed by atoms with Crippen molar-refractivity contribution in [1.29, 1.82) is 0 Å². The number of aliphatic hydroxyl groups is 1. The highest BCUT2D eigenvalue weighted by Crippen LogP contribution is 2.67. The van der Waals surface area contributed by atoms with Crippen molar-refractivity contribution in [1.82, 2.24) is 0 Å². The average molecular weight is 415 g/mol. The Morgan fingerprint density at radius 1 is 1.07 bits per heavy atom. The summed E-state index contributed by atoms with van der Waals surface area (Å²) in [4.78, 5) is 24.7. The molecule has 29 heavy (non-hydrogen) atoms. The lowest BCUT2D eigenvalue weighted by Gasteiger charge is -2.60. The van der Waals surface area contributed by atoms with Crippen LogP contribution in [0.1, 0.15) is 78.1 Å². The zero-order valence-corrected chi connectivity index (χ0v) is 17.4. The van der Waals surface area contributed by atoms with Crippen molar-refractivity contribution < 1.29 is 27.9 Å². The van der Waals surface area contributed by atoms with Gasteiger partial charge in [0.1, 0.15) is 11.6 Å². The predicted octanol–water partition coefficient (Wildman–Crippen LogP) is 5.10. The largest absolute Gasteiger partial charge is 0.414 e. The third kappa shape index (κ3) is 3.37. The molecule has 0 amide bonds. The third-order valence-corrected chi connectivity index (χ3v) is 9.64. The minimum Gasteiger partial charge on any atom is -0.383 e. The van der Waals surface area contributed by atoms with Crippen LogP contribution in [0.2, 0.25) is 0 Å². The van der Waals surface area contributed by atoms with E-state index >= 15 is 0 Å². The molecule has 0 aromatic heterocycles. The van der Waals surface area contributed by atoms with Gasteiger partial charge >= 0.3 is 6.18 Å². The highest BCUT2D eigenvalue weighted by Gasteiger charge is 2.61. The number of carbonyl (C=O) groups excluding carboxylic acids is 2. The number of rotatable bonds is 3. The Morgan fingerprint density at radius 2 is 1.76 bits per heavy atom. The maximum absolute atomic E-state index is 12.8. The number of hydrogen-bond acceptors (Lipinski definition) is 3. The normalized spacial score (nSPS) is 45.9. The van der Waals surface area contributed by atoms with Crippen molar-refractivity contribution in [2.24, 2.45) is 40.4 Å². The predicted molar refractivity (Wildman–Crippen MR) is 102 cm³/mol. The number of halogens is 3. The van der Waals surface area contributed by atoms with Crippen molar-refractivity contribution in [3.05, 3.63) is 0 Å². The molecule has 0 heterocycles. The van der Waals surface area contributed by atoms with E-state index in [1.54, 1.807) is 0 Å². The number of aliphatic hydroxyl groups excluding tert-OH is 1. The van der Waals surface area contributed by atoms with Crippen molar-refractivity contribution in [2.75, 3.05) is 0 Å². The number of ketones is 2. The summed E-state index contributed by atoms with van der Waals surface area (Å²) >= 11 is 0. The first-order valence-electron chi connectivity index (χ1n) is 11.3. The van der Waals surface area contributed by atoms with Crippen molar-refractivity contribution in [3.8, 4) is 0 Å². The molecule has 4 aliphatic carbocycles. The van der Waals surface area contributed by atoms with Gasteiger partial charge in [-0.05, 0) is 79.4 Å². The van der Waals surface area contributed by atoms with Gasteiger partial charge in [-0.3, -0.25) is 9.59 Å². The van der Waals surface area contributed by atoms with Crippen LogP contribution < -0.4 is 0 Å². The topological polar surface area (TPSA) is 54.4 Å². The first kappa shape index (κ1) is 21.3. The highest BCUT2D eigenvalue weighted by molar-refractivity contribution is 5.83. The van der Waals surface area contributed by atoms with Gasteiger partial charge in [-0.25, -0.2) is 0 Å². The highest BCUT2D eigenvalue weighted by atomic mass is 19.4. The van der Waals surface area contributed by atoms with Gasteiger partial charge in [0, 0.05) is 25.2 Å². The van der Waals surface area contributed by atoms with Crippen LogP contribution in [-0.4, -0.2) is 29.0 Å². The van der Waals surface area contributed by atoms with E-state index < -0.39 is 24.5 Å². The van der Waals surface area contributed by atoms with Crippen LogP contribution in [0.3, 0.4) is 0 Å². The van der Waals surface area contributed by atoms with Crippen LogP contribution in [0.4, 0.5) is 13.2 Å². The molecule has 8 unspecified atom stereocenters. The van der Waals surface area contributed by atoms with Gasteiger partial charge in [0.2, 0.25) is 0 Å². The van der Waals surface area contributed by atoms with Gasteiger partial charge in [0.25, 0.3) is 0 Å². The van der Waals surface area contributed by atoms with E-state index in [-0.39, 0.29) is 16.7 Å². The zero-order valence-electron chi connectivity index (χ0n) is 17.4. The smallest absolute Gasteiger partial charge is 0.383 e. The maximum atomic E-state index is 12.8. The Labute approximate surface area is 170 Å². The van der Waals surface area contributed by atoms with Gasteiger partial charge in [-0.1, -0.05) is 13.8 Å². The lowest BCUT2D eigenvalue weighted by atomic mass is 9.44. The summed E-state index contributed by atoms with van der Waals surface area (Å²) < 4.78 is 38.2. The fourth-order valence-corrected chi connectivity index (χ4v) is 8.02. The van der Waals surface area contributed by atoms with Crippen LogP contribution >= 0.6 is 0 Å². The second kappa shape index (κ2) is 7.06. The average Bonchev–Trinajstić information content (AvgIpc) is 2.98. The first-order chi connectivity index (χ1) is 13.5. The molecule has 4 fully saturated rings. The van der Waals surface area contributed by atoms with Gasteiger partial charge in [0.05, 0.1) is 0 Å². The van der Waals surface area contributed by atoms with E-state index in [1.165, 1.54) is 0 Å². The van der Waals surface area contributed by atoms with Crippen molar-refractivity contribution in [3.63, 3.8) is 0 Å².